The van der Waals surface area contributed by atoms with Crippen molar-refractivity contribution in [2.75, 3.05) is 0 Å². The molecule has 0 unspecified atom stereocenters. The molecule has 100 heavy (non-hydrogen) atoms. The lowest BCUT2D eigenvalue weighted by atomic mass is 9.95. The lowest BCUT2D eigenvalue weighted by molar-refractivity contribution is -0.124. The van der Waals surface area contributed by atoms with Crippen molar-refractivity contribution >= 4 is 119 Å². The molecular formula is C82H70O15S3. The second-order valence-corrected chi connectivity index (χ2v) is 26.4. The topological polar surface area (TPSA) is 218 Å². The van der Waals surface area contributed by atoms with Crippen LogP contribution in [0.15, 0.2) is 183 Å². The van der Waals surface area contributed by atoms with Gasteiger partial charge < -0.3 is 43.7 Å². The summed E-state index contributed by atoms with van der Waals surface area (Å²) in [6.07, 6.45) is 8.84. The van der Waals surface area contributed by atoms with Crippen molar-refractivity contribution in [3.05, 3.63) is 281 Å². The summed E-state index contributed by atoms with van der Waals surface area (Å²) in [7, 11) is 0. The Labute approximate surface area is 590 Å². The normalized spacial score (nSPS) is 11.0. The van der Waals surface area contributed by atoms with E-state index in [1.54, 1.807) is 109 Å². The standard InChI is InChI=1S/3C27H22O5S.CH4/c3*1-16-12-17(2)24(18(3)13-16)25(30)27-26(22-9-6-20(29)14-23(22)33-27)32-21-7-4-19(5-8-21)10-11-31-15-28;/h3*4-15,29H,1-3H3;1H4/b3*11-10+;. The van der Waals surface area contributed by atoms with Crippen molar-refractivity contribution in [1.82, 2.24) is 0 Å². The third kappa shape index (κ3) is 17.0. The maximum Gasteiger partial charge on any atom is 0.297 e. The minimum Gasteiger partial charge on any atom is -0.508 e. The van der Waals surface area contributed by atoms with E-state index < -0.39 is 0 Å². The maximum atomic E-state index is 13.7. The number of hydrogen-bond acceptors (Lipinski definition) is 18. The molecule has 0 aliphatic carbocycles. The van der Waals surface area contributed by atoms with Gasteiger partial charge in [0.15, 0.2) is 17.2 Å². The average Bonchev–Trinajstić information content (AvgIpc) is 1.64. The lowest BCUT2D eigenvalue weighted by Gasteiger charge is -2.12. The molecule has 0 radical (unpaired) electrons. The summed E-state index contributed by atoms with van der Waals surface area (Å²) < 4.78 is 34.7. The molecule has 0 spiro atoms. The van der Waals surface area contributed by atoms with Crippen molar-refractivity contribution in [2.45, 2.75) is 69.7 Å². The van der Waals surface area contributed by atoms with E-state index in [0.717, 1.165) is 97.0 Å². The van der Waals surface area contributed by atoms with Gasteiger partial charge in [0.2, 0.25) is 17.3 Å². The predicted molar refractivity (Wildman–Crippen MR) is 398 cm³/mol. The van der Waals surface area contributed by atoms with Crippen LogP contribution in [0.3, 0.4) is 0 Å². The first-order chi connectivity index (χ1) is 47.6. The Hall–Kier alpha value is -11.7. The zero-order valence-electron chi connectivity index (χ0n) is 55.2. The average molecular weight is 1390 g/mol. The first-order valence-corrected chi connectivity index (χ1v) is 33.3. The molecule has 0 amide bonds. The van der Waals surface area contributed by atoms with Gasteiger partial charge in [0.25, 0.3) is 19.4 Å². The molecule has 0 saturated heterocycles. The third-order valence-corrected chi connectivity index (χ3v) is 19.1. The van der Waals surface area contributed by atoms with Crippen molar-refractivity contribution in [3.8, 4) is 51.7 Å². The van der Waals surface area contributed by atoms with Gasteiger partial charge in [0, 0.05) is 46.9 Å². The van der Waals surface area contributed by atoms with Gasteiger partial charge >= 0.3 is 0 Å². The Balaban J connectivity index is 0.000000174. The van der Waals surface area contributed by atoms with Crippen LogP contribution in [0.1, 0.15) is 120 Å². The summed E-state index contributed by atoms with van der Waals surface area (Å²) in [5.74, 6) is 3.14. The van der Waals surface area contributed by atoms with Crippen LogP contribution < -0.4 is 14.2 Å². The smallest absolute Gasteiger partial charge is 0.297 e. The Morgan fingerprint density at radius 3 is 0.780 bits per heavy atom. The molecule has 0 atom stereocenters. The van der Waals surface area contributed by atoms with E-state index in [-0.39, 0.29) is 42.0 Å². The quantitative estimate of drug-likeness (QED) is 0.0264. The summed E-state index contributed by atoms with van der Waals surface area (Å²) in [4.78, 5) is 73.3. The molecule has 0 fully saturated rings. The van der Waals surface area contributed by atoms with Crippen LogP contribution in [0.5, 0.6) is 51.7 Å². The summed E-state index contributed by atoms with van der Waals surface area (Å²) in [5, 5.41) is 32.1. The second kappa shape index (κ2) is 32.6. The zero-order chi connectivity index (χ0) is 70.6. The third-order valence-electron chi connectivity index (χ3n) is 15.7. The van der Waals surface area contributed by atoms with Crippen LogP contribution in [-0.4, -0.2) is 52.1 Å². The number of thiophene rings is 3. The summed E-state index contributed by atoms with van der Waals surface area (Å²) in [6, 6.07) is 48.5. The molecular weight excluding hydrogens is 1320 g/mol. The molecule has 12 rings (SSSR count). The monoisotopic (exact) mass is 1390 g/mol. The number of fused-ring (bicyclic) bond motifs is 3. The van der Waals surface area contributed by atoms with E-state index in [0.29, 0.717) is 85.2 Å². The number of phenols is 3. The lowest BCUT2D eigenvalue weighted by Crippen LogP contribution is -2.06. The SMILES string of the molecule is C.Cc1cc(C)c(C(=O)c2sc3cc(O)ccc3c2Oc2ccc(/C=C/OC=O)cc2)c(C)c1.Cc1cc(C)c(C(=O)c2sc3cc(O)ccc3c2Oc2ccc(/C=C/OC=O)cc2)c(C)c1.Cc1cc(C)c(C(=O)c2sc3cc(O)ccc3c2Oc2ccc(/C=C/OC=O)cc2)c(C)c1. The second-order valence-electron chi connectivity index (χ2n) is 23.2. The predicted octanol–water partition coefficient (Wildman–Crippen LogP) is 20.7. The Morgan fingerprint density at radius 1 is 0.330 bits per heavy atom. The number of rotatable bonds is 21. The highest BCUT2D eigenvalue weighted by molar-refractivity contribution is 7.22. The van der Waals surface area contributed by atoms with E-state index >= 15 is 0 Å². The van der Waals surface area contributed by atoms with Crippen molar-refractivity contribution in [3.63, 3.8) is 0 Å². The fourth-order valence-electron chi connectivity index (χ4n) is 11.6. The zero-order valence-corrected chi connectivity index (χ0v) is 57.7. The van der Waals surface area contributed by atoms with Gasteiger partial charge in [0.1, 0.15) is 49.1 Å². The highest BCUT2D eigenvalue weighted by Crippen LogP contribution is 2.47. The van der Waals surface area contributed by atoms with E-state index in [4.69, 9.17) is 14.2 Å². The van der Waals surface area contributed by atoms with Crippen molar-refractivity contribution in [1.29, 1.82) is 0 Å². The largest absolute Gasteiger partial charge is 0.508 e. The van der Waals surface area contributed by atoms with Crippen molar-refractivity contribution in [2.24, 2.45) is 0 Å². The number of ether oxygens (including phenoxy) is 6. The fraction of sp³-hybridized carbons (Fsp3) is 0.122. The molecule has 3 aromatic heterocycles. The van der Waals surface area contributed by atoms with Crippen LogP contribution in [0.2, 0.25) is 0 Å². The summed E-state index contributed by atoms with van der Waals surface area (Å²) in [5.41, 5.74) is 13.3. The molecule has 0 bridgehead atoms. The van der Waals surface area contributed by atoms with Crippen LogP contribution in [0.25, 0.3) is 48.5 Å². The van der Waals surface area contributed by atoms with E-state index in [1.807, 2.05) is 135 Å². The summed E-state index contributed by atoms with van der Waals surface area (Å²) in [6.45, 7) is 18.7. The van der Waals surface area contributed by atoms with Crippen LogP contribution in [-0.2, 0) is 28.6 Å². The fourth-order valence-corrected chi connectivity index (χ4v) is 15.0. The number of hydrogen-bond donors (Lipinski definition) is 3. The van der Waals surface area contributed by atoms with Crippen LogP contribution in [0.4, 0.5) is 0 Å². The molecule has 3 N–H and O–H groups in total. The van der Waals surface area contributed by atoms with Crippen LogP contribution >= 0.6 is 34.0 Å². The molecule has 0 aliphatic heterocycles. The first-order valence-electron chi connectivity index (χ1n) is 30.9. The van der Waals surface area contributed by atoms with Gasteiger partial charge in [-0.25, -0.2) is 0 Å². The van der Waals surface area contributed by atoms with E-state index in [9.17, 15) is 44.1 Å². The number of aryl methyl sites for hydroxylation is 9. The van der Waals surface area contributed by atoms with Gasteiger partial charge in [-0.05, 0) is 222 Å². The van der Waals surface area contributed by atoms with E-state index in [1.165, 1.54) is 52.8 Å². The highest BCUT2D eigenvalue weighted by Gasteiger charge is 2.28. The minimum absolute atomic E-state index is 0. The van der Waals surface area contributed by atoms with Gasteiger partial charge in [-0.15, -0.1) is 34.0 Å². The number of benzene rings is 9. The Morgan fingerprint density at radius 2 is 0.560 bits per heavy atom. The number of aromatic hydroxyl groups is 3. The Kier molecular flexibility index (Phi) is 23.6. The van der Waals surface area contributed by atoms with Gasteiger partial charge in [-0.2, -0.15) is 0 Å². The summed E-state index contributed by atoms with van der Waals surface area (Å²) >= 11 is 3.91. The molecule has 18 heteroatoms. The number of ketones is 3. The van der Waals surface area contributed by atoms with Gasteiger partial charge in [0.05, 0.1) is 18.8 Å². The van der Waals surface area contributed by atoms with Gasteiger partial charge in [-0.1, -0.05) is 96.9 Å². The minimum atomic E-state index is -0.105. The number of carbonyl (C=O) groups excluding carboxylic acids is 6. The molecule has 0 saturated carbocycles. The molecule has 15 nitrogen and oxygen atoms in total. The highest BCUT2D eigenvalue weighted by atomic mass is 32.1. The number of phenolic OH excluding ortho intramolecular Hbond substituents is 3. The molecule has 9 aromatic carbocycles. The first kappa shape index (κ1) is 72.6. The molecule has 12 aromatic rings. The van der Waals surface area contributed by atoms with Crippen molar-refractivity contribution < 1.29 is 72.5 Å². The van der Waals surface area contributed by atoms with Crippen LogP contribution in [0, 0.1) is 62.3 Å². The Bertz CT molecular complexity index is 4580. The molecule has 506 valence electrons. The number of carbonyl (C=O) groups is 6. The van der Waals surface area contributed by atoms with Gasteiger partial charge in [-0.3, -0.25) is 28.8 Å². The molecule has 3 heterocycles. The maximum absolute atomic E-state index is 13.7. The molecule has 0 aliphatic rings. The van der Waals surface area contributed by atoms with E-state index in [2.05, 4.69) is 14.2 Å².